The van der Waals surface area contributed by atoms with E-state index < -0.39 is 24.1 Å². The molecule has 2 rings (SSSR count). The summed E-state index contributed by atoms with van der Waals surface area (Å²) in [5, 5.41) is 27.8. The van der Waals surface area contributed by atoms with Crippen molar-refractivity contribution in [2.45, 2.75) is 31.4 Å². The van der Waals surface area contributed by atoms with Gasteiger partial charge in [0.1, 0.15) is 18.5 Å². The normalized spacial score (nSPS) is 14.5. The smallest absolute Gasteiger partial charge is 0.414 e. The number of carboxylic acid groups (broad SMARTS) is 2. The first kappa shape index (κ1) is 29.6. The zero-order valence-electron chi connectivity index (χ0n) is 19.6. The van der Waals surface area contributed by atoms with Gasteiger partial charge in [-0.05, 0) is 30.5 Å². The van der Waals surface area contributed by atoms with E-state index >= 15 is 0 Å². The van der Waals surface area contributed by atoms with Gasteiger partial charge in [0.15, 0.2) is 0 Å². The van der Waals surface area contributed by atoms with E-state index in [1.807, 2.05) is 12.1 Å². The summed E-state index contributed by atoms with van der Waals surface area (Å²) in [6.07, 6.45) is 0.505. The molecule has 0 radical (unpaired) electrons. The van der Waals surface area contributed by atoms with Crippen LogP contribution in [0.3, 0.4) is 0 Å². The number of ether oxygens (including phenoxy) is 3. The highest BCUT2D eigenvalue weighted by atomic mass is 16.5. The van der Waals surface area contributed by atoms with Crippen LogP contribution in [0.4, 0.5) is 4.79 Å². The fraction of sp³-hybridized carbons (Fsp3) is 0.545. The van der Waals surface area contributed by atoms with Crippen LogP contribution in [0.15, 0.2) is 24.3 Å². The van der Waals surface area contributed by atoms with E-state index in [9.17, 15) is 14.7 Å². The zero-order chi connectivity index (χ0) is 26.2. The molecule has 1 saturated heterocycles. The number of hydrogen-bond acceptors (Lipinski definition) is 9. The van der Waals surface area contributed by atoms with Gasteiger partial charge in [0.25, 0.3) is 0 Å². The van der Waals surface area contributed by atoms with Crippen molar-refractivity contribution in [3.63, 3.8) is 0 Å². The summed E-state index contributed by atoms with van der Waals surface area (Å²) < 4.78 is 15.4. The van der Waals surface area contributed by atoms with E-state index in [0.29, 0.717) is 57.9 Å². The average molecular weight is 500 g/mol. The lowest BCUT2D eigenvalue weighted by Gasteiger charge is -2.27. The van der Waals surface area contributed by atoms with Crippen molar-refractivity contribution < 1.29 is 48.7 Å². The number of rotatable bonds is 10. The third-order valence-electron chi connectivity index (χ3n) is 4.92. The number of esters is 1. The molecule has 1 fully saturated rings. The molecule has 0 spiro atoms. The van der Waals surface area contributed by atoms with Gasteiger partial charge in [0, 0.05) is 32.1 Å². The molecule has 1 aromatic rings. The maximum atomic E-state index is 12.0. The number of aliphatic hydroxyl groups excluding tert-OH is 1. The summed E-state index contributed by atoms with van der Waals surface area (Å²) in [6, 6.07) is 6.65. The minimum absolute atomic E-state index is 0.0556. The molecular weight excluding hydrogens is 466 g/mol. The number of nitrogens with one attached hydrogen (secondary N) is 1. The maximum absolute atomic E-state index is 12.0. The number of nitrogens with two attached hydrogens (primary N) is 1. The third kappa shape index (κ3) is 12.6. The number of morpholine rings is 1. The number of carboxylic acids is 2. The molecule has 1 aliphatic heterocycles. The van der Waals surface area contributed by atoms with Crippen LogP contribution in [0.25, 0.3) is 0 Å². The topological polar surface area (TPSA) is 198 Å². The first-order chi connectivity index (χ1) is 16.6. The molecule has 1 aromatic carbocycles. The number of aliphatic hydroxyl groups is 1. The molecule has 196 valence electrons. The summed E-state index contributed by atoms with van der Waals surface area (Å²) in [6.45, 7) is 2.69. The van der Waals surface area contributed by atoms with Crippen LogP contribution >= 0.6 is 0 Å². The highest BCUT2D eigenvalue weighted by Gasteiger charge is 2.19. The van der Waals surface area contributed by atoms with Gasteiger partial charge >= 0.3 is 23.9 Å². The van der Waals surface area contributed by atoms with E-state index in [1.165, 1.54) is 7.11 Å². The van der Waals surface area contributed by atoms with Gasteiger partial charge in [-0.1, -0.05) is 12.1 Å². The van der Waals surface area contributed by atoms with Crippen molar-refractivity contribution in [1.82, 2.24) is 10.2 Å². The monoisotopic (exact) mass is 499 g/mol. The summed E-state index contributed by atoms with van der Waals surface area (Å²) >= 11 is 0. The van der Waals surface area contributed by atoms with Gasteiger partial charge in [-0.2, -0.15) is 0 Å². The second-order valence-electron chi connectivity index (χ2n) is 7.49. The largest absolute Gasteiger partial charge is 0.491 e. The van der Waals surface area contributed by atoms with Gasteiger partial charge in [0.2, 0.25) is 0 Å². The van der Waals surface area contributed by atoms with Gasteiger partial charge < -0.3 is 45.5 Å². The van der Waals surface area contributed by atoms with Gasteiger partial charge in [-0.15, -0.1) is 0 Å². The van der Waals surface area contributed by atoms with E-state index in [0.717, 1.165) is 5.56 Å². The Bertz CT molecular complexity index is 800. The van der Waals surface area contributed by atoms with E-state index in [-0.39, 0.29) is 18.6 Å². The van der Waals surface area contributed by atoms with Crippen molar-refractivity contribution in [3.8, 4) is 5.75 Å². The molecule has 0 aromatic heterocycles. The lowest BCUT2D eigenvalue weighted by atomic mass is 10.1. The SMILES string of the molecule is COC(=O)CCc1ccc(OCC(O)C(N)CCNC(=O)N2CCOCC2)cc1.O=C(O)C(=O)O. The van der Waals surface area contributed by atoms with Crippen LogP contribution in [-0.4, -0.2) is 103 Å². The van der Waals surface area contributed by atoms with Crippen molar-refractivity contribution in [2.24, 2.45) is 5.73 Å². The Balaban J connectivity index is 0.000000905. The zero-order valence-corrected chi connectivity index (χ0v) is 19.6. The number of carbonyl (C=O) groups excluding carboxylic acids is 2. The van der Waals surface area contributed by atoms with E-state index in [2.05, 4.69) is 10.1 Å². The second-order valence-corrected chi connectivity index (χ2v) is 7.49. The number of carbonyl (C=O) groups is 4. The number of benzene rings is 1. The van der Waals surface area contributed by atoms with Crippen LogP contribution < -0.4 is 15.8 Å². The van der Waals surface area contributed by atoms with Crippen LogP contribution in [0.2, 0.25) is 0 Å². The Kier molecular flexibility index (Phi) is 13.7. The number of aryl methyl sites for hydroxylation is 1. The molecular formula is C22H33N3O10. The highest BCUT2D eigenvalue weighted by Crippen LogP contribution is 2.14. The van der Waals surface area contributed by atoms with Crippen molar-refractivity contribution in [1.29, 1.82) is 0 Å². The number of hydrogen-bond donors (Lipinski definition) is 5. The Morgan fingerprint density at radius 2 is 1.71 bits per heavy atom. The lowest BCUT2D eigenvalue weighted by molar-refractivity contribution is -0.159. The summed E-state index contributed by atoms with van der Waals surface area (Å²) in [4.78, 5) is 43.1. The molecule has 1 aliphatic rings. The van der Waals surface area contributed by atoms with E-state index in [1.54, 1.807) is 17.0 Å². The van der Waals surface area contributed by atoms with Crippen molar-refractivity contribution >= 4 is 23.9 Å². The Labute approximate surface area is 202 Å². The minimum Gasteiger partial charge on any atom is -0.491 e. The molecule has 6 N–H and O–H groups in total. The number of urea groups is 1. The lowest BCUT2D eigenvalue weighted by Crippen LogP contribution is -2.47. The first-order valence-corrected chi connectivity index (χ1v) is 10.9. The maximum Gasteiger partial charge on any atom is 0.414 e. The molecule has 13 nitrogen and oxygen atoms in total. The Hall–Kier alpha value is -3.42. The molecule has 2 amide bonds. The van der Waals surface area contributed by atoms with Crippen molar-refractivity contribution in [2.75, 3.05) is 46.6 Å². The highest BCUT2D eigenvalue weighted by molar-refractivity contribution is 6.27. The van der Waals surface area contributed by atoms with Crippen LogP contribution in [0.1, 0.15) is 18.4 Å². The van der Waals surface area contributed by atoms with Gasteiger partial charge in [0.05, 0.1) is 20.3 Å². The Morgan fingerprint density at radius 1 is 1.11 bits per heavy atom. The predicted octanol–water partition coefficient (Wildman–Crippen LogP) is -0.553. The predicted molar refractivity (Wildman–Crippen MR) is 122 cm³/mol. The first-order valence-electron chi connectivity index (χ1n) is 10.9. The second kappa shape index (κ2) is 16.2. The fourth-order valence-corrected chi connectivity index (χ4v) is 2.82. The fourth-order valence-electron chi connectivity index (χ4n) is 2.82. The van der Waals surface area contributed by atoms with Crippen LogP contribution in [-0.2, 0) is 30.3 Å². The summed E-state index contributed by atoms with van der Waals surface area (Å²) in [7, 11) is 1.37. The molecule has 2 unspecified atom stereocenters. The van der Waals surface area contributed by atoms with Crippen LogP contribution in [0, 0.1) is 0 Å². The van der Waals surface area contributed by atoms with Crippen molar-refractivity contribution in [3.05, 3.63) is 29.8 Å². The molecule has 0 aliphatic carbocycles. The van der Waals surface area contributed by atoms with Gasteiger partial charge in [-0.3, -0.25) is 4.79 Å². The van der Waals surface area contributed by atoms with Gasteiger partial charge in [-0.25, -0.2) is 14.4 Å². The molecule has 1 heterocycles. The summed E-state index contributed by atoms with van der Waals surface area (Å²) in [5.41, 5.74) is 6.99. The third-order valence-corrected chi connectivity index (χ3v) is 4.92. The standard InChI is InChI=1S/C20H31N3O6.C2H2O4/c1-27-19(25)7-4-15-2-5-16(6-3-15)29-14-18(24)17(21)8-9-22-20(26)23-10-12-28-13-11-23;3-1(4)2(5)6/h2-3,5-6,17-18,24H,4,7-14,21H2,1H3,(H,22,26);(H,3,4)(H,5,6). The molecule has 35 heavy (non-hydrogen) atoms. The molecule has 2 atom stereocenters. The molecule has 0 saturated carbocycles. The number of nitrogens with zero attached hydrogens (tertiary/aromatic N) is 1. The Morgan fingerprint density at radius 3 is 2.26 bits per heavy atom. The van der Waals surface area contributed by atoms with E-state index in [4.69, 9.17) is 35.0 Å². The molecule has 0 bridgehead atoms. The van der Waals surface area contributed by atoms with Crippen LogP contribution in [0.5, 0.6) is 5.75 Å². The average Bonchev–Trinajstić information content (AvgIpc) is 2.87. The minimum atomic E-state index is -1.82. The summed E-state index contributed by atoms with van der Waals surface area (Å²) in [5.74, 6) is -3.28. The number of amides is 2. The number of aliphatic carboxylic acids is 2. The quantitative estimate of drug-likeness (QED) is 0.204. The molecule has 13 heteroatoms. The number of methoxy groups -OCH3 is 1.